The lowest BCUT2D eigenvalue weighted by Crippen LogP contribution is -2.41. The monoisotopic (exact) mass is 334 g/mol. The van der Waals surface area contributed by atoms with E-state index in [0.29, 0.717) is 0 Å². The zero-order valence-corrected chi connectivity index (χ0v) is 15.4. The number of rotatable bonds is 2. The average molecular weight is 334 g/mol. The summed E-state index contributed by atoms with van der Waals surface area (Å²) in [5, 5.41) is 4.59. The standard InChI is InChI=1S/C21H23BO3/c1-20(2)21(3,4)25-22(24-20)17-13-14-9-6-7-10-15(14)16-11-8-12-18(23-5)19(16)17/h6-13H,1-5H3. The summed E-state index contributed by atoms with van der Waals surface area (Å²) in [4.78, 5) is 0. The number of ether oxygens (including phenoxy) is 1. The van der Waals surface area contributed by atoms with E-state index in [1.807, 2.05) is 12.1 Å². The van der Waals surface area contributed by atoms with Crippen molar-refractivity contribution >= 4 is 34.1 Å². The number of hydrogen-bond donors (Lipinski definition) is 0. The fourth-order valence-electron chi connectivity index (χ4n) is 3.49. The molecule has 0 atom stereocenters. The molecule has 0 aliphatic carbocycles. The maximum Gasteiger partial charge on any atom is 0.495 e. The van der Waals surface area contributed by atoms with Crippen LogP contribution >= 0.6 is 0 Å². The minimum absolute atomic E-state index is 0.377. The van der Waals surface area contributed by atoms with Crippen LogP contribution < -0.4 is 10.2 Å². The van der Waals surface area contributed by atoms with Crippen molar-refractivity contribution in [1.29, 1.82) is 0 Å². The fraction of sp³-hybridized carbons (Fsp3) is 0.333. The number of hydrogen-bond acceptors (Lipinski definition) is 3. The van der Waals surface area contributed by atoms with Gasteiger partial charge >= 0.3 is 7.12 Å². The highest BCUT2D eigenvalue weighted by Crippen LogP contribution is 2.38. The molecule has 1 fully saturated rings. The second-order valence-corrected chi connectivity index (χ2v) is 7.66. The highest BCUT2D eigenvalue weighted by Gasteiger charge is 2.52. The quantitative estimate of drug-likeness (QED) is 0.517. The van der Waals surface area contributed by atoms with Crippen molar-refractivity contribution in [3.8, 4) is 5.75 Å². The van der Waals surface area contributed by atoms with Gasteiger partial charge in [-0.3, -0.25) is 0 Å². The molecule has 4 rings (SSSR count). The van der Waals surface area contributed by atoms with Gasteiger partial charge in [0.15, 0.2) is 0 Å². The predicted molar refractivity (Wildman–Crippen MR) is 104 cm³/mol. The summed E-state index contributed by atoms with van der Waals surface area (Å²) in [5.74, 6) is 0.841. The predicted octanol–water partition coefficient (Wildman–Crippen LogP) is 4.30. The maximum absolute atomic E-state index is 6.33. The van der Waals surface area contributed by atoms with Gasteiger partial charge in [0.2, 0.25) is 0 Å². The first-order valence-corrected chi connectivity index (χ1v) is 8.68. The SMILES string of the molecule is COc1cccc2c1c(B1OC(C)(C)C(C)(C)O1)cc1ccccc12. The van der Waals surface area contributed by atoms with Crippen molar-refractivity contribution in [3.63, 3.8) is 0 Å². The lowest BCUT2D eigenvalue weighted by Gasteiger charge is -2.32. The van der Waals surface area contributed by atoms with Gasteiger partial charge in [0.1, 0.15) is 5.75 Å². The van der Waals surface area contributed by atoms with Gasteiger partial charge in [-0.25, -0.2) is 0 Å². The van der Waals surface area contributed by atoms with Crippen molar-refractivity contribution in [2.75, 3.05) is 7.11 Å². The van der Waals surface area contributed by atoms with Crippen LogP contribution in [-0.2, 0) is 9.31 Å². The van der Waals surface area contributed by atoms with Crippen LogP contribution in [0.1, 0.15) is 27.7 Å². The van der Waals surface area contributed by atoms with E-state index in [2.05, 4.69) is 64.1 Å². The Hall–Kier alpha value is -2.04. The third-order valence-electron chi connectivity index (χ3n) is 5.60. The highest BCUT2D eigenvalue weighted by molar-refractivity contribution is 6.66. The smallest absolute Gasteiger partial charge is 0.495 e. The number of methoxy groups -OCH3 is 1. The van der Waals surface area contributed by atoms with Crippen LogP contribution in [0.3, 0.4) is 0 Å². The Balaban J connectivity index is 2.03. The van der Waals surface area contributed by atoms with E-state index >= 15 is 0 Å². The Morgan fingerprint density at radius 1 is 0.840 bits per heavy atom. The van der Waals surface area contributed by atoms with Gasteiger partial charge in [0.25, 0.3) is 0 Å². The van der Waals surface area contributed by atoms with Crippen LogP contribution in [0.2, 0.25) is 0 Å². The van der Waals surface area contributed by atoms with Gasteiger partial charge < -0.3 is 14.0 Å². The summed E-state index contributed by atoms with van der Waals surface area (Å²) in [6.45, 7) is 8.31. The van der Waals surface area contributed by atoms with Crippen molar-refractivity contribution in [1.82, 2.24) is 0 Å². The fourth-order valence-corrected chi connectivity index (χ4v) is 3.49. The first-order chi connectivity index (χ1) is 11.8. The molecule has 128 valence electrons. The zero-order chi connectivity index (χ0) is 17.8. The second kappa shape index (κ2) is 5.48. The Kier molecular flexibility index (Phi) is 3.60. The number of fused-ring (bicyclic) bond motifs is 3. The minimum Gasteiger partial charge on any atom is -0.496 e. The van der Waals surface area contributed by atoms with E-state index < -0.39 is 7.12 Å². The third-order valence-corrected chi connectivity index (χ3v) is 5.60. The Bertz CT molecular complexity index is 946. The van der Waals surface area contributed by atoms with E-state index in [1.54, 1.807) is 7.11 Å². The van der Waals surface area contributed by atoms with Crippen LogP contribution in [0.15, 0.2) is 48.5 Å². The van der Waals surface area contributed by atoms with Gasteiger partial charge in [0, 0.05) is 5.39 Å². The maximum atomic E-state index is 6.33. The van der Waals surface area contributed by atoms with Crippen LogP contribution in [0.25, 0.3) is 21.5 Å². The molecule has 1 saturated heterocycles. The molecule has 3 aromatic carbocycles. The van der Waals surface area contributed by atoms with Crippen LogP contribution in [-0.4, -0.2) is 25.4 Å². The highest BCUT2D eigenvalue weighted by atomic mass is 16.7. The molecular formula is C21H23BO3. The molecule has 0 spiro atoms. The summed E-state index contributed by atoms with van der Waals surface area (Å²) < 4.78 is 18.3. The van der Waals surface area contributed by atoms with E-state index in [4.69, 9.17) is 14.0 Å². The lowest BCUT2D eigenvalue weighted by atomic mass is 9.74. The molecule has 0 saturated carbocycles. The van der Waals surface area contributed by atoms with Gasteiger partial charge in [-0.15, -0.1) is 0 Å². The molecule has 1 heterocycles. The van der Waals surface area contributed by atoms with E-state index in [0.717, 1.165) is 22.0 Å². The molecule has 0 radical (unpaired) electrons. The van der Waals surface area contributed by atoms with Gasteiger partial charge in [-0.2, -0.15) is 0 Å². The molecule has 3 nitrogen and oxygen atoms in total. The third kappa shape index (κ3) is 2.43. The zero-order valence-electron chi connectivity index (χ0n) is 15.4. The molecule has 3 aromatic rings. The largest absolute Gasteiger partial charge is 0.496 e. The molecular weight excluding hydrogens is 311 g/mol. The Morgan fingerprint density at radius 3 is 2.16 bits per heavy atom. The summed E-state index contributed by atoms with van der Waals surface area (Å²) in [7, 11) is 1.28. The van der Waals surface area contributed by atoms with Crippen LogP contribution in [0.5, 0.6) is 5.75 Å². The summed E-state index contributed by atoms with van der Waals surface area (Å²) in [5.41, 5.74) is 0.264. The van der Waals surface area contributed by atoms with E-state index in [-0.39, 0.29) is 11.2 Å². The molecule has 25 heavy (non-hydrogen) atoms. The lowest BCUT2D eigenvalue weighted by molar-refractivity contribution is 0.00578. The van der Waals surface area contributed by atoms with Crippen molar-refractivity contribution < 1.29 is 14.0 Å². The molecule has 0 amide bonds. The molecule has 1 aliphatic heterocycles. The van der Waals surface area contributed by atoms with Crippen LogP contribution in [0.4, 0.5) is 0 Å². The normalized spacial score (nSPS) is 18.8. The Labute approximate surface area is 149 Å². The second-order valence-electron chi connectivity index (χ2n) is 7.66. The van der Waals surface area contributed by atoms with E-state index in [9.17, 15) is 0 Å². The van der Waals surface area contributed by atoms with Gasteiger partial charge in [-0.05, 0) is 55.4 Å². The molecule has 1 aliphatic rings. The minimum atomic E-state index is -0.423. The number of benzene rings is 3. The molecule has 4 heteroatoms. The van der Waals surface area contributed by atoms with Crippen molar-refractivity contribution in [3.05, 3.63) is 48.5 Å². The van der Waals surface area contributed by atoms with Gasteiger partial charge in [-0.1, -0.05) is 42.5 Å². The van der Waals surface area contributed by atoms with Gasteiger partial charge in [0.05, 0.1) is 18.3 Å². The first kappa shape index (κ1) is 16.4. The molecule has 0 aromatic heterocycles. The molecule has 0 N–H and O–H groups in total. The topological polar surface area (TPSA) is 27.7 Å². The Morgan fingerprint density at radius 2 is 1.48 bits per heavy atom. The molecule has 0 unspecified atom stereocenters. The van der Waals surface area contributed by atoms with Crippen molar-refractivity contribution in [2.24, 2.45) is 0 Å². The summed E-state index contributed by atoms with van der Waals surface area (Å²) in [6, 6.07) is 16.7. The van der Waals surface area contributed by atoms with Crippen molar-refractivity contribution in [2.45, 2.75) is 38.9 Å². The average Bonchev–Trinajstić information content (AvgIpc) is 2.81. The molecule has 0 bridgehead atoms. The summed E-state index contributed by atoms with van der Waals surface area (Å²) >= 11 is 0. The van der Waals surface area contributed by atoms with E-state index in [1.165, 1.54) is 10.8 Å². The van der Waals surface area contributed by atoms with Crippen LogP contribution in [0, 0.1) is 0 Å². The summed E-state index contributed by atoms with van der Waals surface area (Å²) in [6.07, 6.45) is 0. The first-order valence-electron chi connectivity index (χ1n) is 8.68.